The first kappa shape index (κ1) is 18.8. The molecular weight excluding hydrogens is 344 g/mol. The Morgan fingerprint density at radius 1 is 1.27 bits per heavy atom. The molecule has 3 rings (SSSR count). The highest BCUT2D eigenvalue weighted by Gasteiger charge is 2.31. The van der Waals surface area contributed by atoms with E-state index in [-0.39, 0.29) is 23.6 Å². The van der Waals surface area contributed by atoms with Crippen molar-refractivity contribution in [3.63, 3.8) is 0 Å². The minimum absolute atomic E-state index is 0.0620. The third-order valence-electron chi connectivity index (χ3n) is 5.03. The molecule has 0 aromatic heterocycles. The lowest BCUT2D eigenvalue weighted by molar-refractivity contribution is -0.124. The molecule has 2 aliphatic heterocycles. The van der Waals surface area contributed by atoms with Crippen LogP contribution in [0.1, 0.15) is 19.3 Å². The molecule has 1 aromatic carbocycles. The number of anilines is 1. The van der Waals surface area contributed by atoms with Gasteiger partial charge in [0.1, 0.15) is 5.75 Å². The largest absolute Gasteiger partial charge is 0.433 e. The summed E-state index contributed by atoms with van der Waals surface area (Å²) in [6, 6.07) is 6.10. The van der Waals surface area contributed by atoms with Gasteiger partial charge in [-0.15, -0.1) is 0 Å². The van der Waals surface area contributed by atoms with Crippen molar-refractivity contribution in [1.82, 2.24) is 5.32 Å². The van der Waals surface area contributed by atoms with Gasteiger partial charge in [0.2, 0.25) is 5.91 Å². The van der Waals surface area contributed by atoms with E-state index in [2.05, 4.69) is 10.1 Å². The van der Waals surface area contributed by atoms with E-state index in [1.54, 1.807) is 18.2 Å². The van der Waals surface area contributed by atoms with Crippen LogP contribution >= 0.6 is 0 Å². The Balaban J connectivity index is 1.56. The van der Waals surface area contributed by atoms with Crippen LogP contribution in [0.4, 0.5) is 14.5 Å². The Bertz CT molecular complexity index is 611. The molecule has 2 fully saturated rings. The summed E-state index contributed by atoms with van der Waals surface area (Å²) >= 11 is 0. The van der Waals surface area contributed by atoms with Crippen LogP contribution in [0.3, 0.4) is 0 Å². The molecule has 0 aliphatic carbocycles. The van der Waals surface area contributed by atoms with E-state index in [9.17, 15) is 13.6 Å². The van der Waals surface area contributed by atoms with Crippen LogP contribution < -0.4 is 20.7 Å². The van der Waals surface area contributed by atoms with E-state index in [0.29, 0.717) is 32.0 Å². The molecule has 1 aromatic rings. The number of rotatable bonds is 6. The minimum Gasteiger partial charge on any atom is -0.433 e. The summed E-state index contributed by atoms with van der Waals surface area (Å²) in [4.78, 5) is 14.4. The minimum atomic E-state index is -2.87. The van der Waals surface area contributed by atoms with Gasteiger partial charge in [0.25, 0.3) is 0 Å². The third-order valence-corrected chi connectivity index (χ3v) is 5.03. The van der Waals surface area contributed by atoms with Crippen LogP contribution in [0.25, 0.3) is 0 Å². The Hall–Kier alpha value is -1.93. The molecule has 3 N–H and O–H groups in total. The number of alkyl halides is 2. The average molecular weight is 369 g/mol. The van der Waals surface area contributed by atoms with Gasteiger partial charge in [-0.2, -0.15) is 8.78 Å². The van der Waals surface area contributed by atoms with Crippen molar-refractivity contribution in [2.45, 2.75) is 38.0 Å². The van der Waals surface area contributed by atoms with E-state index >= 15 is 0 Å². The lowest BCUT2D eigenvalue weighted by Crippen LogP contribution is -2.50. The molecule has 0 spiro atoms. The molecule has 26 heavy (non-hydrogen) atoms. The number of nitrogens with zero attached hydrogens (tertiary/aromatic N) is 1. The highest BCUT2D eigenvalue weighted by molar-refractivity contribution is 5.82. The molecule has 2 saturated heterocycles. The van der Waals surface area contributed by atoms with E-state index in [0.717, 1.165) is 19.3 Å². The van der Waals surface area contributed by atoms with Gasteiger partial charge >= 0.3 is 6.61 Å². The second-order valence-corrected chi connectivity index (χ2v) is 6.76. The lowest BCUT2D eigenvalue weighted by atomic mass is 9.91. The Morgan fingerprint density at radius 3 is 2.73 bits per heavy atom. The fourth-order valence-electron chi connectivity index (χ4n) is 3.60. The average Bonchev–Trinajstić information content (AvgIpc) is 3.10. The molecule has 2 aliphatic rings. The predicted molar refractivity (Wildman–Crippen MR) is 93.4 cm³/mol. The molecule has 0 radical (unpaired) electrons. The van der Waals surface area contributed by atoms with Crippen molar-refractivity contribution < 1.29 is 23.0 Å². The van der Waals surface area contributed by atoms with Crippen molar-refractivity contribution in [3.8, 4) is 5.75 Å². The van der Waals surface area contributed by atoms with Crippen LogP contribution in [0, 0.1) is 5.92 Å². The van der Waals surface area contributed by atoms with Crippen molar-refractivity contribution in [3.05, 3.63) is 24.3 Å². The van der Waals surface area contributed by atoms with E-state index in [1.165, 1.54) is 6.07 Å². The first-order valence-corrected chi connectivity index (χ1v) is 8.97. The second-order valence-electron chi connectivity index (χ2n) is 6.76. The van der Waals surface area contributed by atoms with Crippen LogP contribution in [0.2, 0.25) is 0 Å². The number of nitrogens with one attached hydrogen (secondary N) is 1. The van der Waals surface area contributed by atoms with Gasteiger partial charge in [0.05, 0.1) is 11.7 Å². The highest BCUT2D eigenvalue weighted by Crippen LogP contribution is 2.31. The third kappa shape index (κ3) is 4.62. The molecule has 1 amide bonds. The number of carbonyl (C=O) groups excluding carboxylic acids is 1. The zero-order valence-corrected chi connectivity index (χ0v) is 14.6. The molecule has 0 bridgehead atoms. The standard InChI is InChI=1S/C18H25F2N3O3/c19-18(20)26-15-4-2-1-3-14(15)23-8-5-13(11-23)22-17(24)16(21)12-6-9-25-10-7-12/h1-4,12-13,16,18H,5-11,21H2,(H,22,24). The Morgan fingerprint density at radius 2 is 2.00 bits per heavy atom. The van der Waals surface area contributed by atoms with Crippen molar-refractivity contribution in [1.29, 1.82) is 0 Å². The number of hydrogen-bond acceptors (Lipinski definition) is 5. The topological polar surface area (TPSA) is 76.8 Å². The Labute approximate surface area is 151 Å². The maximum atomic E-state index is 12.6. The van der Waals surface area contributed by atoms with Crippen LogP contribution in [-0.4, -0.2) is 50.9 Å². The molecule has 2 unspecified atom stereocenters. The molecule has 144 valence electrons. The number of ether oxygens (including phenoxy) is 2. The van der Waals surface area contributed by atoms with Gasteiger partial charge in [-0.25, -0.2) is 0 Å². The van der Waals surface area contributed by atoms with Crippen molar-refractivity contribution in [2.75, 3.05) is 31.2 Å². The number of hydrogen-bond donors (Lipinski definition) is 2. The number of benzene rings is 1. The van der Waals surface area contributed by atoms with Crippen molar-refractivity contribution >= 4 is 11.6 Å². The molecular formula is C18H25F2N3O3. The zero-order valence-electron chi connectivity index (χ0n) is 14.6. The fraction of sp³-hybridized carbons (Fsp3) is 0.611. The van der Waals surface area contributed by atoms with Gasteiger partial charge in [0, 0.05) is 32.3 Å². The molecule has 6 nitrogen and oxygen atoms in total. The summed E-state index contributed by atoms with van der Waals surface area (Å²) in [5.74, 6) is 0.135. The first-order chi connectivity index (χ1) is 12.5. The van der Waals surface area contributed by atoms with Gasteiger partial charge in [-0.3, -0.25) is 4.79 Å². The monoisotopic (exact) mass is 369 g/mol. The van der Waals surface area contributed by atoms with Gasteiger partial charge < -0.3 is 25.4 Å². The maximum absolute atomic E-state index is 12.6. The van der Waals surface area contributed by atoms with E-state index in [4.69, 9.17) is 10.5 Å². The van der Waals surface area contributed by atoms with Gasteiger partial charge in [0.15, 0.2) is 0 Å². The quantitative estimate of drug-likeness (QED) is 0.799. The number of halogens is 2. The zero-order chi connectivity index (χ0) is 18.5. The highest BCUT2D eigenvalue weighted by atomic mass is 19.3. The SMILES string of the molecule is NC(C(=O)NC1CCN(c2ccccc2OC(F)F)C1)C1CCOCC1. The summed E-state index contributed by atoms with van der Waals surface area (Å²) in [5.41, 5.74) is 6.72. The lowest BCUT2D eigenvalue weighted by Gasteiger charge is -2.28. The number of nitrogens with two attached hydrogens (primary N) is 1. The van der Waals surface area contributed by atoms with Crippen LogP contribution in [-0.2, 0) is 9.53 Å². The molecule has 2 heterocycles. The summed E-state index contributed by atoms with van der Waals surface area (Å²) in [6.45, 7) is -0.392. The number of carbonyl (C=O) groups is 1. The maximum Gasteiger partial charge on any atom is 0.387 e. The predicted octanol–water partition coefficient (Wildman–Crippen LogP) is 1.74. The van der Waals surface area contributed by atoms with E-state index < -0.39 is 12.7 Å². The molecule has 0 saturated carbocycles. The van der Waals surface area contributed by atoms with Gasteiger partial charge in [-0.1, -0.05) is 12.1 Å². The molecule has 2 atom stereocenters. The van der Waals surface area contributed by atoms with Crippen LogP contribution in [0.15, 0.2) is 24.3 Å². The summed E-state index contributed by atoms with van der Waals surface area (Å²) < 4.78 is 35.1. The summed E-state index contributed by atoms with van der Waals surface area (Å²) in [7, 11) is 0. The molecule has 8 heteroatoms. The van der Waals surface area contributed by atoms with E-state index in [1.807, 2.05) is 4.90 Å². The smallest absolute Gasteiger partial charge is 0.387 e. The Kier molecular flexibility index (Phi) is 6.26. The first-order valence-electron chi connectivity index (χ1n) is 8.97. The summed E-state index contributed by atoms with van der Waals surface area (Å²) in [6.07, 6.45) is 2.32. The van der Waals surface area contributed by atoms with Crippen molar-refractivity contribution in [2.24, 2.45) is 11.7 Å². The fourth-order valence-corrected chi connectivity index (χ4v) is 3.60. The van der Waals surface area contributed by atoms with Crippen LogP contribution in [0.5, 0.6) is 5.75 Å². The number of amides is 1. The van der Waals surface area contributed by atoms with Gasteiger partial charge in [-0.05, 0) is 37.3 Å². The summed E-state index contributed by atoms with van der Waals surface area (Å²) in [5, 5.41) is 3.00. The number of para-hydroxylation sites is 2. The second kappa shape index (κ2) is 8.64. The normalized spacial score (nSPS) is 22.5.